The molecule has 1 aliphatic rings. The van der Waals surface area contributed by atoms with Crippen LogP contribution in [0.25, 0.3) is 0 Å². The summed E-state index contributed by atoms with van der Waals surface area (Å²) in [5.74, 6) is 1.24. The highest BCUT2D eigenvalue weighted by molar-refractivity contribution is 6.31. The molecule has 1 aliphatic carbocycles. The molecule has 2 rings (SSSR count). The second-order valence-corrected chi connectivity index (χ2v) is 4.03. The van der Waals surface area contributed by atoms with Gasteiger partial charge in [-0.2, -0.15) is 0 Å². The first-order valence-electron chi connectivity index (χ1n) is 4.74. The Hall–Kier alpha value is -0.800. The monoisotopic (exact) mass is 212 g/mol. The van der Waals surface area contributed by atoms with Crippen molar-refractivity contribution < 1.29 is 4.74 Å². The van der Waals surface area contributed by atoms with Gasteiger partial charge >= 0.3 is 0 Å². The molecule has 0 radical (unpaired) electrons. The van der Waals surface area contributed by atoms with Crippen molar-refractivity contribution >= 4 is 17.4 Å². The fourth-order valence-corrected chi connectivity index (χ4v) is 1.37. The molecule has 2 N–H and O–H groups in total. The van der Waals surface area contributed by atoms with E-state index in [2.05, 4.69) is 4.98 Å². The molecule has 0 spiro atoms. The molecule has 0 aliphatic heterocycles. The molecule has 76 valence electrons. The van der Waals surface area contributed by atoms with E-state index in [9.17, 15) is 0 Å². The number of pyridine rings is 1. The summed E-state index contributed by atoms with van der Waals surface area (Å²) in [5, 5.41) is 0.620. The zero-order valence-electron chi connectivity index (χ0n) is 7.87. The Kier molecular flexibility index (Phi) is 2.89. The van der Waals surface area contributed by atoms with Gasteiger partial charge in [0.15, 0.2) is 0 Å². The third-order valence-corrected chi connectivity index (χ3v) is 2.57. The lowest BCUT2D eigenvalue weighted by Gasteiger charge is -2.05. The molecular formula is C10H13ClN2O. The zero-order valence-corrected chi connectivity index (χ0v) is 8.63. The van der Waals surface area contributed by atoms with E-state index in [1.54, 1.807) is 12.1 Å². The Labute approximate surface area is 88.2 Å². The maximum absolute atomic E-state index is 5.93. The first-order valence-corrected chi connectivity index (χ1v) is 5.12. The Bertz CT molecular complexity index is 326. The number of nitrogens with zero attached hydrogens (tertiary/aromatic N) is 1. The predicted octanol–water partition coefficient (Wildman–Crippen LogP) is 2.24. The van der Waals surface area contributed by atoms with E-state index in [1.165, 1.54) is 12.8 Å². The maximum Gasteiger partial charge on any atom is 0.123 e. The molecule has 4 heteroatoms. The highest BCUT2D eigenvalue weighted by atomic mass is 35.5. The minimum absolute atomic E-state index is 0.459. The number of halogens is 1. The van der Waals surface area contributed by atoms with Crippen molar-refractivity contribution in [3.63, 3.8) is 0 Å². The van der Waals surface area contributed by atoms with Crippen molar-refractivity contribution in [1.29, 1.82) is 0 Å². The first-order chi connectivity index (χ1) is 6.75. The minimum Gasteiger partial charge on any atom is -0.384 e. The smallest absolute Gasteiger partial charge is 0.123 e. The van der Waals surface area contributed by atoms with Crippen LogP contribution in [0.1, 0.15) is 18.5 Å². The van der Waals surface area contributed by atoms with Crippen LogP contribution in [0.15, 0.2) is 12.1 Å². The maximum atomic E-state index is 5.93. The van der Waals surface area contributed by atoms with Gasteiger partial charge in [-0.1, -0.05) is 11.6 Å². The number of nitrogens with two attached hydrogens (primary N) is 1. The van der Waals surface area contributed by atoms with Crippen molar-refractivity contribution in [2.24, 2.45) is 5.92 Å². The summed E-state index contributed by atoms with van der Waals surface area (Å²) in [7, 11) is 0. The van der Waals surface area contributed by atoms with Crippen LogP contribution in [-0.4, -0.2) is 11.6 Å². The van der Waals surface area contributed by atoms with Gasteiger partial charge in [-0.05, 0) is 30.9 Å². The fourth-order valence-electron chi connectivity index (χ4n) is 1.21. The van der Waals surface area contributed by atoms with Gasteiger partial charge in [0.2, 0.25) is 0 Å². The van der Waals surface area contributed by atoms with E-state index >= 15 is 0 Å². The molecule has 1 saturated carbocycles. The average Bonchev–Trinajstić information content (AvgIpc) is 2.95. The van der Waals surface area contributed by atoms with E-state index in [0.717, 1.165) is 18.2 Å². The van der Waals surface area contributed by atoms with Crippen LogP contribution in [0.3, 0.4) is 0 Å². The number of hydrogen-bond acceptors (Lipinski definition) is 3. The summed E-state index contributed by atoms with van der Waals surface area (Å²) >= 11 is 5.93. The van der Waals surface area contributed by atoms with E-state index in [1.807, 2.05) is 0 Å². The molecule has 3 nitrogen and oxygen atoms in total. The Morgan fingerprint density at radius 1 is 1.50 bits per heavy atom. The molecular weight excluding hydrogens is 200 g/mol. The molecule has 1 heterocycles. The van der Waals surface area contributed by atoms with Gasteiger partial charge in [-0.25, -0.2) is 4.98 Å². The van der Waals surface area contributed by atoms with Crippen molar-refractivity contribution in [1.82, 2.24) is 4.98 Å². The molecule has 0 unspecified atom stereocenters. The summed E-state index contributed by atoms with van der Waals surface area (Å²) in [5.41, 5.74) is 6.28. The van der Waals surface area contributed by atoms with E-state index in [-0.39, 0.29) is 0 Å². The molecule has 0 amide bonds. The highest BCUT2D eigenvalue weighted by Crippen LogP contribution is 2.29. The van der Waals surface area contributed by atoms with Crippen LogP contribution in [0, 0.1) is 5.92 Å². The number of anilines is 1. The quantitative estimate of drug-likeness (QED) is 0.833. The Balaban J connectivity index is 1.89. The van der Waals surface area contributed by atoms with Crippen molar-refractivity contribution in [2.75, 3.05) is 12.3 Å². The van der Waals surface area contributed by atoms with E-state index in [0.29, 0.717) is 17.4 Å². The first kappa shape index (κ1) is 9.74. The van der Waals surface area contributed by atoms with Gasteiger partial charge in [-0.15, -0.1) is 0 Å². The summed E-state index contributed by atoms with van der Waals surface area (Å²) in [6, 6.07) is 3.44. The molecule has 0 atom stereocenters. The van der Waals surface area contributed by atoms with E-state index in [4.69, 9.17) is 22.1 Å². The van der Waals surface area contributed by atoms with Gasteiger partial charge in [0.1, 0.15) is 5.82 Å². The van der Waals surface area contributed by atoms with Crippen LogP contribution < -0.4 is 5.73 Å². The van der Waals surface area contributed by atoms with Gasteiger partial charge in [0.25, 0.3) is 0 Å². The molecule has 1 fully saturated rings. The topological polar surface area (TPSA) is 48.1 Å². The molecule has 0 aromatic carbocycles. The number of ether oxygens (including phenoxy) is 1. The van der Waals surface area contributed by atoms with Crippen LogP contribution >= 0.6 is 11.6 Å². The Morgan fingerprint density at radius 2 is 2.29 bits per heavy atom. The lowest BCUT2D eigenvalue weighted by molar-refractivity contribution is 0.109. The number of nitrogen functional groups attached to an aromatic ring is 1. The summed E-state index contributed by atoms with van der Waals surface area (Å²) < 4.78 is 5.48. The van der Waals surface area contributed by atoms with Gasteiger partial charge in [0, 0.05) is 6.61 Å². The van der Waals surface area contributed by atoms with E-state index < -0.39 is 0 Å². The highest BCUT2D eigenvalue weighted by Gasteiger charge is 2.21. The number of hydrogen-bond donors (Lipinski definition) is 1. The molecule has 0 bridgehead atoms. The fraction of sp³-hybridized carbons (Fsp3) is 0.500. The summed E-state index contributed by atoms with van der Waals surface area (Å²) in [6.45, 7) is 1.27. The summed E-state index contributed by atoms with van der Waals surface area (Å²) in [6.07, 6.45) is 2.58. The minimum atomic E-state index is 0.459. The van der Waals surface area contributed by atoms with Gasteiger partial charge < -0.3 is 10.5 Å². The average molecular weight is 213 g/mol. The normalized spacial score (nSPS) is 15.8. The molecule has 1 aromatic heterocycles. The van der Waals surface area contributed by atoms with Crippen molar-refractivity contribution in [3.05, 3.63) is 22.8 Å². The third kappa shape index (κ3) is 2.59. The predicted molar refractivity (Wildman–Crippen MR) is 56.0 cm³/mol. The standard InChI is InChI=1S/C10H13ClN2O/c11-8-3-4-10(12)13-9(8)6-14-5-7-1-2-7/h3-4,7H,1-2,5-6H2,(H2,12,13). The summed E-state index contributed by atoms with van der Waals surface area (Å²) in [4.78, 5) is 4.11. The second kappa shape index (κ2) is 4.15. The zero-order chi connectivity index (χ0) is 9.97. The SMILES string of the molecule is Nc1ccc(Cl)c(COCC2CC2)n1. The van der Waals surface area contributed by atoms with Crippen molar-refractivity contribution in [3.8, 4) is 0 Å². The van der Waals surface area contributed by atoms with Crippen LogP contribution in [0.2, 0.25) is 5.02 Å². The van der Waals surface area contributed by atoms with Gasteiger partial charge in [0.05, 0.1) is 17.3 Å². The third-order valence-electron chi connectivity index (χ3n) is 2.23. The van der Waals surface area contributed by atoms with Crippen LogP contribution in [-0.2, 0) is 11.3 Å². The number of rotatable bonds is 4. The Morgan fingerprint density at radius 3 is 3.00 bits per heavy atom. The molecule has 14 heavy (non-hydrogen) atoms. The van der Waals surface area contributed by atoms with Crippen LogP contribution in [0.5, 0.6) is 0 Å². The lowest BCUT2D eigenvalue weighted by atomic mass is 10.3. The molecule has 1 aromatic rings. The largest absolute Gasteiger partial charge is 0.384 e. The van der Waals surface area contributed by atoms with Crippen molar-refractivity contribution in [2.45, 2.75) is 19.4 Å². The number of aromatic nitrogens is 1. The van der Waals surface area contributed by atoms with Gasteiger partial charge in [-0.3, -0.25) is 0 Å². The van der Waals surface area contributed by atoms with Crippen LogP contribution in [0.4, 0.5) is 5.82 Å². The lowest BCUT2D eigenvalue weighted by Crippen LogP contribution is -2.01. The second-order valence-electron chi connectivity index (χ2n) is 3.62. The molecule has 0 saturated heterocycles.